The molecule has 1 N–H and O–H groups in total. The molecule has 1 aliphatic rings. The van der Waals surface area contributed by atoms with E-state index in [2.05, 4.69) is 31.9 Å². The van der Waals surface area contributed by atoms with Crippen LogP contribution in [0.5, 0.6) is 0 Å². The maximum Gasteiger partial charge on any atom is 0.249 e. The molecule has 0 saturated heterocycles. The SMILES string of the molecule is CC(C)[C@H](NC(=O)C[C@H]1OCCc2ccsc21)c1nc(-c2cccnc2)no1. The molecule has 0 bridgehead atoms. The monoisotopic (exact) mass is 398 g/mol. The molecule has 28 heavy (non-hydrogen) atoms. The molecular formula is C20H22N4O3S. The lowest BCUT2D eigenvalue weighted by Crippen LogP contribution is -2.33. The van der Waals surface area contributed by atoms with Gasteiger partial charge in [0, 0.05) is 22.8 Å². The Hall–Kier alpha value is -2.58. The normalized spacial score (nSPS) is 17.3. The molecule has 3 aromatic rings. The lowest BCUT2D eigenvalue weighted by Gasteiger charge is -2.24. The van der Waals surface area contributed by atoms with E-state index >= 15 is 0 Å². The molecule has 3 aromatic heterocycles. The third kappa shape index (κ3) is 3.98. The van der Waals surface area contributed by atoms with E-state index in [1.165, 1.54) is 5.56 Å². The van der Waals surface area contributed by atoms with Crippen molar-refractivity contribution in [3.8, 4) is 11.4 Å². The summed E-state index contributed by atoms with van der Waals surface area (Å²) in [5, 5.41) is 9.13. The van der Waals surface area contributed by atoms with E-state index < -0.39 is 0 Å². The van der Waals surface area contributed by atoms with Gasteiger partial charge in [0.15, 0.2) is 0 Å². The molecule has 4 heterocycles. The minimum Gasteiger partial charge on any atom is -0.372 e. The maximum atomic E-state index is 12.7. The average Bonchev–Trinajstić information content (AvgIpc) is 3.37. The number of thiophene rings is 1. The molecule has 0 unspecified atom stereocenters. The lowest BCUT2D eigenvalue weighted by atomic mass is 10.0. The van der Waals surface area contributed by atoms with Gasteiger partial charge in [-0.1, -0.05) is 19.0 Å². The largest absolute Gasteiger partial charge is 0.372 e. The minimum absolute atomic E-state index is 0.0916. The number of carbonyl (C=O) groups is 1. The summed E-state index contributed by atoms with van der Waals surface area (Å²) in [6.45, 7) is 4.66. The fraction of sp³-hybridized carbons (Fsp3) is 0.400. The Labute approximate surface area is 167 Å². The molecule has 2 atom stereocenters. The van der Waals surface area contributed by atoms with E-state index in [-0.39, 0.29) is 30.4 Å². The fourth-order valence-electron chi connectivity index (χ4n) is 3.26. The van der Waals surface area contributed by atoms with Crippen LogP contribution in [0.3, 0.4) is 0 Å². The highest BCUT2D eigenvalue weighted by molar-refractivity contribution is 7.10. The Morgan fingerprint density at radius 3 is 3.07 bits per heavy atom. The van der Waals surface area contributed by atoms with Crippen LogP contribution in [0.25, 0.3) is 11.4 Å². The number of ether oxygens (including phenoxy) is 1. The molecule has 0 fully saturated rings. The molecule has 0 radical (unpaired) electrons. The number of carbonyl (C=O) groups excluding carboxylic acids is 1. The van der Waals surface area contributed by atoms with E-state index in [0.29, 0.717) is 18.3 Å². The van der Waals surface area contributed by atoms with Crippen LogP contribution in [0.15, 0.2) is 40.5 Å². The first-order valence-corrected chi connectivity index (χ1v) is 10.2. The second kappa shape index (κ2) is 8.20. The van der Waals surface area contributed by atoms with Crippen LogP contribution in [0.4, 0.5) is 0 Å². The molecule has 1 amide bonds. The van der Waals surface area contributed by atoms with E-state index in [1.807, 2.05) is 26.0 Å². The fourth-order valence-corrected chi connectivity index (χ4v) is 4.27. The van der Waals surface area contributed by atoms with Gasteiger partial charge >= 0.3 is 0 Å². The third-order valence-corrected chi connectivity index (χ3v) is 5.80. The van der Waals surface area contributed by atoms with Crippen molar-refractivity contribution in [2.45, 2.75) is 38.8 Å². The van der Waals surface area contributed by atoms with Gasteiger partial charge in [-0.25, -0.2) is 0 Å². The second-order valence-corrected chi connectivity index (χ2v) is 8.06. The summed E-state index contributed by atoms with van der Waals surface area (Å²) in [6, 6.07) is 5.43. The summed E-state index contributed by atoms with van der Waals surface area (Å²) >= 11 is 1.65. The van der Waals surface area contributed by atoms with Gasteiger partial charge in [-0.2, -0.15) is 4.98 Å². The summed E-state index contributed by atoms with van der Waals surface area (Å²) in [5.41, 5.74) is 2.06. The molecule has 8 heteroatoms. The van der Waals surface area contributed by atoms with Crippen LogP contribution in [-0.2, 0) is 16.0 Å². The maximum absolute atomic E-state index is 12.7. The number of fused-ring (bicyclic) bond motifs is 1. The van der Waals surface area contributed by atoms with Crippen LogP contribution in [0.1, 0.15) is 48.7 Å². The summed E-state index contributed by atoms with van der Waals surface area (Å²) < 4.78 is 11.3. The molecule has 0 saturated carbocycles. The van der Waals surface area contributed by atoms with E-state index in [1.54, 1.807) is 23.7 Å². The van der Waals surface area contributed by atoms with Crippen molar-refractivity contribution in [1.82, 2.24) is 20.4 Å². The first kappa shape index (κ1) is 18.8. The predicted molar refractivity (Wildman–Crippen MR) is 105 cm³/mol. The Morgan fingerprint density at radius 2 is 2.29 bits per heavy atom. The highest BCUT2D eigenvalue weighted by Gasteiger charge is 2.29. The zero-order valence-electron chi connectivity index (χ0n) is 15.8. The van der Waals surface area contributed by atoms with Crippen LogP contribution in [0, 0.1) is 5.92 Å². The van der Waals surface area contributed by atoms with Gasteiger partial charge in [0.2, 0.25) is 17.6 Å². The molecule has 4 rings (SSSR count). The smallest absolute Gasteiger partial charge is 0.249 e. The zero-order chi connectivity index (χ0) is 19.5. The van der Waals surface area contributed by atoms with Crippen molar-refractivity contribution in [3.63, 3.8) is 0 Å². The van der Waals surface area contributed by atoms with Gasteiger partial charge in [-0.15, -0.1) is 11.3 Å². The van der Waals surface area contributed by atoms with E-state index in [9.17, 15) is 4.79 Å². The number of nitrogens with one attached hydrogen (secondary N) is 1. The van der Waals surface area contributed by atoms with Gasteiger partial charge in [0.25, 0.3) is 0 Å². The van der Waals surface area contributed by atoms with Crippen molar-refractivity contribution in [1.29, 1.82) is 0 Å². The van der Waals surface area contributed by atoms with Crippen molar-refractivity contribution in [2.24, 2.45) is 5.92 Å². The van der Waals surface area contributed by atoms with Crippen molar-refractivity contribution >= 4 is 17.2 Å². The average molecular weight is 398 g/mol. The van der Waals surface area contributed by atoms with E-state index in [4.69, 9.17) is 9.26 Å². The molecular weight excluding hydrogens is 376 g/mol. The standard InChI is InChI=1S/C20H22N4O3S/c1-12(2)17(20-23-19(24-27-20)14-4-3-7-21-11-14)22-16(25)10-15-18-13(5-8-26-15)6-9-28-18/h3-4,6-7,9,11-12,15,17H,5,8,10H2,1-2H3,(H,22,25)/t15-,17+/m1/s1. The topological polar surface area (TPSA) is 90.1 Å². The molecule has 0 aromatic carbocycles. The Bertz CT molecular complexity index is 938. The number of pyridine rings is 1. The summed E-state index contributed by atoms with van der Waals surface area (Å²) in [7, 11) is 0. The number of rotatable bonds is 6. The highest BCUT2D eigenvalue weighted by Crippen LogP contribution is 2.34. The minimum atomic E-state index is -0.364. The van der Waals surface area contributed by atoms with Gasteiger partial charge < -0.3 is 14.6 Å². The van der Waals surface area contributed by atoms with Crippen molar-refractivity contribution in [2.75, 3.05) is 6.61 Å². The molecule has 0 spiro atoms. The first-order valence-electron chi connectivity index (χ1n) is 9.33. The Balaban J connectivity index is 1.46. The quantitative estimate of drug-likeness (QED) is 0.681. The number of hydrogen-bond acceptors (Lipinski definition) is 7. The summed E-state index contributed by atoms with van der Waals surface area (Å²) in [6.07, 6.45) is 4.36. The first-order chi connectivity index (χ1) is 13.6. The van der Waals surface area contributed by atoms with Gasteiger partial charge in [-0.05, 0) is 41.5 Å². The number of aromatic nitrogens is 3. The second-order valence-electron chi connectivity index (χ2n) is 7.11. The molecule has 1 aliphatic heterocycles. The number of amides is 1. The Kier molecular flexibility index (Phi) is 5.50. The summed E-state index contributed by atoms with van der Waals surface area (Å²) in [4.78, 5) is 22.4. The van der Waals surface area contributed by atoms with Crippen LogP contribution >= 0.6 is 11.3 Å². The van der Waals surface area contributed by atoms with Crippen LogP contribution < -0.4 is 5.32 Å². The van der Waals surface area contributed by atoms with Crippen LogP contribution in [-0.4, -0.2) is 27.6 Å². The molecule has 7 nitrogen and oxygen atoms in total. The van der Waals surface area contributed by atoms with Gasteiger partial charge in [-0.3, -0.25) is 9.78 Å². The van der Waals surface area contributed by atoms with Crippen molar-refractivity contribution in [3.05, 3.63) is 52.3 Å². The number of hydrogen-bond donors (Lipinski definition) is 1. The Morgan fingerprint density at radius 1 is 1.39 bits per heavy atom. The van der Waals surface area contributed by atoms with E-state index in [0.717, 1.165) is 16.9 Å². The van der Waals surface area contributed by atoms with Crippen LogP contribution in [0.2, 0.25) is 0 Å². The van der Waals surface area contributed by atoms with Gasteiger partial charge in [0.05, 0.1) is 13.0 Å². The third-order valence-electron chi connectivity index (χ3n) is 4.75. The van der Waals surface area contributed by atoms with Crippen molar-refractivity contribution < 1.29 is 14.1 Å². The highest BCUT2D eigenvalue weighted by atomic mass is 32.1. The van der Waals surface area contributed by atoms with Gasteiger partial charge in [0.1, 0.15) is 12.1 Å². The zero-order valence-corrected chi connectivity index (χ0v) is 16.6. The molecule has 146 valence electrons. The number of nitrogens with zero attached hydrogens (tertiary/aromatic N) is 3. The molecule has 0 aliphatic carbocycles. The predicted octanol–water partition coefficient (Wildman–Crippen LogP) is 3.71. The summed E-state index contributed by atoms with van der Waals surface area (Å²) in [5.74, 6) is 0.854. The lowest BCUT2D eigenvalue weighted by molar-refractivity contribution is -0.125.